The third-order valence-electron chi connectivity index (χ3n) is 6.21. The van der Waals surface area contributed by atoms with Crippen LogP contribution in [-0.4, -0.2) is 44.6 Å². The second-order valence-electron chi connectivity index (χ2n) is 8.95. The summed E-state index contributed by atoms with van der Waals surface area (Å²) in [7, 11) is 0. The highest BCUT2D eigenvalue weighted by Crippen LogP contribution is 2.29. The molecule has 0 saturated carbocycles. The van der Waals surface area contributed by atoms with Gasteiger partial charge in [0.2, 0.25) is 0 Å². The Hall–Kier alpha value is -4.65. The molecule has 1 aromatic heterocycles. The quantitative estimate of drug-likeness (QED) is 0.232. The number of amidine groups is 1. The number of carbonyl (C=O) groups excluding carboxylic acids is 1. The lowest BCUT2D eigenvalue weighted by Crippen LogP contribution is -2.27. The second kappa shape index (κ2) is 12.5. The maximum atomic E-state index is 14.8. The van der Waals surface area contributed by atoms with Gasteiger partial charge in [0.1, 0.15) is 17.9 Å². The van der Waals surface area contributed by atoms with E-state index in [2.05, 4.69) is 32.1 Å². The lowest BCUT2D eigenvalue weighted by atomic mass is 10.1. The number of alkyl halides is 3. The number of thioether (sulfide) groups is 1. The molecule has 1 N–H and O–H groups in total. The summed E-state index contributed by atoms with van der Waals surface area (Å²) in [6.07, 6.45) is -1.56. The van der Waals surface area contributed by atoms with E-state index in [-0.39, 0.29) is 11.3 Å². The average molecular weight is 597 g/mol. The largest absolute Gasteiger partial charge is 0.573 e. The number of benzene rings is 3. The number of amides is 2. The molecule has 0 aliphatic carbocycles. The van der Waals surface area contributed by atoms with Crippen LogP contribution in [0.5, 0.6) is 5.75 Å². The van der Waals surface area contributed by atoms with Crippen molar-refractivity contribution in [2.24, 2.45) is 4.99 Å². The van der Waals surface area contributed by atoms with Crippen LogP contribution in [0.2, 0.25) is 0 Å². The smallest absolute Gasteiger partial charge is 0.406 e. The molecular weight excluding hydrogens is 572 g/mol. The van der Waals surface area contributed by atoms with Crippen LogP contribution in [0.3, 0.4) is 0 Å². The van der Waals surface area contributed by atoms with E-state index in [4.69, 9.17) is 0 Å². The number of nitrogens with one attached hydrogen (secondary N) is 1. The van der Waals surface area contributed by atoms with Crippen molar-refractivity contribution in [1.82, 2.24) is 20.1 Å². The Morgan fingerprint density at radius 2 is 1.83 bits per heavy atom. The minimum atomic E-state index is -4.78. The summed E-state index contributed by atoms with van der Waals surface area (Å²) in [5, 5.41) is 7.28. The number of halogens is 4. The van der Waals surface area contributed by atoms with Gasteiger partial charge >= 0.3 is 12.4 Å². The van der Waals surface area contributed by atoms with Gasteiger partial charge in [-0.25, -0.2) is 18.9 Å². The lowest BCUT2D eigenvalue weighted by Gasteiger charge is -2.20. The first kappa shape index (κ1) is 28.9. The number of rotatable bonds is 7. The summed E-state index contributed by atoms with van der Waals surface area (Å²) >= 11 is 1.47. The summed E-state index contributed by atoms with van der Waals surface area (Å²) < 4.78 is 57.2. The van der Waals surface area contributed by atoms with Crippen molar-refractivity contribution in [3.8, 4) is 22.8 Å². The van der Waals surface area contributed by atoms with E-state index in [1.807, 2.05) is 29.2 Å². The Balaban J connectivity index is 1.22. The maximum Gasteiger partial charge on any atom is 0.573 e. The third kappa shape index (κ3) is 6.97. The molecule has 2 amide bonds. The van der Waals surface area contributed by atoms with Crippen molar-refractivity contribution in [3.63, 3.8) is 0 Å². The number of anilines is 1. The maximum absolute atomic E-state index is 14.8. The number of aliphatic imine (C=N–C) groups is 1. The molecule has 4 aromatic rings. The van der Waals surface area contributed by atoms with Crippen LogP contribution in [-0.2, 0) is 6.42 Å². The highest BCUT2D eigenvalue weighted by Gasteiger charge is 2.31. The van der Waals surface area contributed by atoms with E-state index < -0.39 is 18.2 Å². The Labute approximate surface area is 242 Å². The van der Waals surface area contributed by atoms with Crippen molar-refractivity contribution in [1.29, 1.82) is 0 Å². The molecule has 0 bridgehead atoms. The molecule has 0 unspecified atom stereocenters. The number of hydrogen-bond donors (Lipinski definition) is 1. The number of urea groups is 1. The van der Waals surface area contributed by atoms with Gasteiger partial charge in [-0.2, -0.15) is 4.99 Å². The van der Waals surface area contributed by atoms with Crippen LogP contribution in [0.15, 0.2) is 90.3 Å². The van der Waals surface area contributed by atoms with Crippen molar-refractivity contribution in [3.05, 3.63) is 96.5 Å². The van der Waals surface area contributed by atoms with E-state index in [0.717, 1.165) is 36.2 Å². The lowest BCUT2D eigenvalue weighted by molar-refractivity contribution is -0.274. The molecular formula is C29H24F4N6O2S. The molecule has 1 saturated heterocycles. The van der Waals surface area contributed by atoms with Crippen molar-refractivity contribution in [2.45, 2.75) is 19.7 Å². The van der Waals surface area contributed by atoms with Crippen molar-refractivity contribution >= 4 is 34.5 Å². The van der Waals surface area contributed by atoms with E-state index in [0.29, 0.717) is 22.2 Å². The van der Waals surface area contributed by atoms with Gasteiger partial charge in [-0.05, 0) is 42.3 Å². The zero-order valence-corrected chi connectivity index (χ0v) is 23.0. The van der Waals surface area contributed by atoms with Gasteiger partial charge < -0.3 is 15.0 Å². The fraction of sp³-hybridized carbons (Fsp3) is 0.172. The SMILES string of the molecule is CCc1ccccc1N1CCS/C1=N\C(=O)N/C=C(\F)c1ccc(-c2ncn(-c3ccc(OC(F)(F)F)cc3)n2)cc1. The van der Waals surface area contributed by atoms with Crippen LogP contribution in [0, 0.1) is 0 Å². The van der Waals surface area contributed by atoms with Crippen molar-refractivity contribution < 1.29 is 27.1 Å². The number of hydrogen-bond acceptors (Lipinski definition) is 5. The normalized spacial score (nSPS) is 14.8. The van der Waals surface area contributed by atoms with Gasteiger partial charge in [-0.15, -0.1) is 18.3 Å². The van der Waals surface area contributed by atoms with E-state index in [1.165, 1.54) is 59.2 Å². The highest BCUT2D eigenvalue weighted by atomic mass is 32.2. The molecule has 1 aliphatic heterocycles. The predicted molar refractivity (Wildman–Crippen MR) is 154 cm³/mol. The van der Waals surface area contributed by atoms with Crippen LogP contribution < -0.4 is 15.0 Å². The number of ether oxygens (including phenoxy) is 1. The molecule has 13 heteroatoms. The standard InChI is InChI=1S/C29H24F4N6O2S/c1-2-19-5-3-4-6-25(19)38-15-16-42-28(38)36-27(40)34-17-24(30)20-7-9-21(10-8-20)26-35-18-39(37-26)22-11-13-23(14-12-22)41-29(31,32)33/h3-14,17-18H,2,15-16H2,1H3,(H,34,40)/b24-17-,36-28-. The minimum Gasteiger partial charge on any atom is -0.406 e. The van der Waals surface area contributed by atoms with Gasteiger partial charge in [-0.3, -0.25) is 0 Å². The molecule has 0 atom stereocenters. The number of aromatic nitrogens is 3. The fourth-order valence-corrected chi connectivity index (χ4v) is 5.17. The van der Waals surface area contributed by atoms with Gasteiger partial charge in [0.25, 0.3) is 0 Å². The van der Waals surface area contributed by atoms with Crippen LogP contribution in [0.25, 0.3) is 22.9 Å². The highest BCUT2D eigenvalue weighted by molar-refractivity contribution is 8.14. The first-order chi connectivity index (χ1) is 20.2. The van der Waals surface area contributed by atoms with E-state index >= 15 is 0 Å². The number of carbonyl (C=O) groups is 1. The molecule has 42 heavy (non-hydrogen) atoms. The molecule has 5 rings (SSSR count). The summed E-state index contributed by atoms with van der Waals surface area (Å²) in [4.78, 5) is 22.8. The second-order valence-corrected chi connectivity index (χ2v) is 10.0. The molecule has 8 nitrogen and oxygen atoms in total. The monoisotopic (exact) mass is 596 g/mol. The van der Waals surface area contributed by atoms with Crippen molar-refractivity contribution in [2.75, 3.05) is 17.2 Å². The molecule has 0 spiro atoms. The zero-order valence-electron chi connectivity index (χ0n) is 22.2. The summed E-state index contributed by atoms with van der Waals surface area (Å²) in [6.45, 7) is 2.79. The Kier molecular flexibility index (Phi) is 8.57. The number of nitrogens with zero attached hydrogens (tertiary/aromatic N) is 5. The number of para-hydroxylation sites is 1. The Morgan fingerprint density at radius 1 is 1.10 bits per heavy atom. The molecule has 0 radical (unpaired) electrons. The van der Waals surface area contributed by atoms with Gasteiger partial charge in [-0.1, -0.05) is 61.2 Å². The molecule has 1 aliphatic rings. The number of aryl methyl sites for hydroxylation is 1. The Morgan fingerprint density at radius 3 is 2.55 bits per heavy atom. The minimum absolute atomic E-state index is 0.222. The zero-order chi connectivity index (χ0) is 29.7. The van der Waals surface area contributed by atoms with Gasteiger partial charge in [0, 0.05) is 35.3 Å². The summed E-state index contributed by atoms with van der Waals surface area (Å²) in [6, 6.07) is 18.7. The average Bonchev–Trinajstić information content (AvgIpc) is 3.66. The topological polar surface area (TPSA) is 84.6 Å². The summed E-state index contributed by atoms with van der Waals surface area (Å²) in [5.41, 5.74) is 3.44. The van der Waals surface area contributed by atoms with Gasteiger partial charge in [0.05, 0.1) is 5.69 Å². The molecule has 2 heterocycles. The summed E-state index contributed by atoms with van der Waals surface area (Å²) in [5.74, 6) is 0.103. The Bertz CT molecular complexity index is 1620. The predicted octanol–water partition coefficient (Wildman–Crippen LogP) is 6.98. The van der Waals surface area contributed by atoms with E-state index in [9.17, 15) is 22.4 Å². The first-order valence-corrected chi connectivity index (χ1v) is 13.8. The van der Waals surface area contributed by atoms with E-state index in [1.54, 1.807) is 12.1 Å². The van der Waals surface area contributed by atoms with Crippen LogP contribution >= 0.6 is 11.8 Å². The van der Waals surface area contributed by atoms with Crippen LogP contribution in [0.1, 0.15) is 18.1 Å². The molecule has 3 aromatic carbocycles. The molecule has 1 fully saturated rings. The fourth-order valence-electron chi connectivity index (χ4n) is 4.22. The van der Waals surface area contributed by atoms with Crippen LogP contribution in [0.4, 0.5) is 28.0 Å². The van der Waals surface area contributed by atoms with Gasteiger partial charge in [0.15, 0.2) is 11.0 Å². The first-order valence-electron chi connectivity index (χ1n) is 12.8. The molecule has 216 valence electrons. The third-order valence-corrected chi connectivity index (χ3v) is 7.16.